The average Bonchev–Trinajstić information content (AvgIpc) is 3.19. The molecule has 0 heterocycles. The summed E-state index contributed by atoms with van der Waals surface area (Å²) in [6.45, 7) is 0. The number of halogens is 2. The molecule has 106 valence electrons. The van der Waals surface area contributed by atoms with Gasteiger partial charge in [0.1, 0.15) is 11.9 Å². The first kappa shape index (κ1) is 14.5. The van der Waals surface area contributed by atoms with Crippen LogP contribution in [0.5, 0.6) is 0 Å². The van der Waals surface area contributed by atoms with Crippen LogP contribution in [-0.4, -0.2) is 23.0 Å². The summed E-state index contributed by atoms with van der Waals surface area (Å²) in [7, 11) is 0. The molecule has 2 rings (SSSR count). The third-order valence-corrected chi connectivity index (χ3v) is 3.39. The summed E-state index contributed by atoms with van der Waals surface area (Å²) in [6, 6.07) is 3.31. The SMILES string of the molecule is O=C(C=Cc1c(F)cccc1Cl)NC(C(=O)O)C1CC1. The number of carbonyl (C=O) groups is 2. The van der Waals surface area contributed by atoms with E-state index < -0.39 is 23.7 Å². The number of rotatable bonds is 5. The minimum absolute atomic E-state index is 0.0121. The minimum Gasteiger partial charge on any atom is -0.480 e. The summed E-state index contributed by atoms with van der Waals surface area (Å²) in [4.78, 5) is 22.6. The van der Waals surface area contributed by atoms with Crippen molar-refractivity contribution in [1.82, 2.24) is 5.32 Å². The van der Waals surface area contributed by atoms with Gasteiger partial charge in [0.15, 0.2) is 0 Å². The molecule has 1 aliphatic rings. The number of benzene rings is 1. The van der Waals surface area contributed by atoms with E-state index in [0.29, 0.717) is 0 Å². The molecule has 0 radical (unpaired) electrons. The predicted octanol–water partition coefficient (Wildman–Crippen LogP) is 2.47. The van der Waals surface area contributed by atoms with Gasteiger partial charge in [-0.05, 0) is 37.0 Å². The van der Waals surface area contributed by atoms with Crippen molar-refractivity contribution >= 4 is 29.6 Å². The first-order valence-electron chi connectivity index (χ1n) is 6.14. The number of nitrogens with one attached hydrogen (secondary N) is 1. The highest BCUT2D eigenvalue weighted by Crippen LogP contribution is 2.32. The fourth-order valence-corrected chi connectivity index (χ4v) is 2.07. The van der Waals surface area contributed by atoms with Gasteiger partial charge in [-0.15, -0.1) is 0 Å². The minimum atomic E-state index is -1.06. The van der Waals surface area contributed by atoms with Crippen LogP contribution in [0.25, 0.3) is 6.08 Å². The van der Waals surface area contributed by atoms with Crippen LogP contribution in [0.3, 0.4) is 0 Å². The third-order valence-electron chi connectivity index (χ3n) is 3.06. The van der Waals surface area contributed by atoms with Gasteiger partial charge in [0.25, 0.3) is 0 Å². The lowest BCUT2D eigenvalue weighted by atomic mass is 10.1. The molecule has 0 aliphatic heterocycles. The fourth-order valence-electron chi connectivity index (χ4n) is 1.84. The van der Waals surface area contributed by atoms with Crippen LogP contribution >= 0.6 is 11.6 Å². The van der Waals surface area contributed by atoms with Crippen molar-refractivity contribution in [2.24, 2.45) is 5.92 Å². The highest BCUT2D eigenvalue weighted by Gasteiger charge is 2.36. The van der Waals surface area contributed by atoms with Crippen LogP contribution in [0.15, 0.2) is 24.3 Å². The standard InChI is InChI=1S/C14H13ClFNO3/c15-10-2-1-3-11(16)9(10)6-7-12(18)17-13(14(19)20)8-4-5-8/h1-3,6-8,13H,4-5H2,(H,17,18)(H,19,20). The van der Waals surface area contributed by atoms with Crippen molar-refractivity contribution in [3.8, 4) is 0 Å². The molecule has 1 fully saturated rings. The molecule has 2 N–H and O–H groups in total. The molecule has 0 aromatic heterocycles. The highest BCUT2D eigenvalue weighted by molar-refractivity contribution is 6.32. The second-order valence-electron chi connectivity index (χ2n) is 4.63. The lowest BCUT2D eigenvalue weighted by molar-refractivity contribution is -0.141. The van der Waals surface area contributed by atoms with E-state index in [4.69, 9.17) is 16.7 Å². The van der Waals surface area contributed by atoms with E-state index in [0.717, 1.165) is 18.9 Å². The normalized spacial score (nSPS) is 16.1. The maximum Gasteiger partial charge on any atom is 0.326 e. The monoisotopic (exact) mass is 297 g/mol. The van der Waals surface area contributed by atoms with Crippen molar-refractivity contribution in [1.29, 1.82) is 0 Å². The second-order valence-corrected chi connectivity index (χ2v) is 5.04. The van der Waals surface area contributed by atoms with Crippen LogP contribution in [0.4, 0.5) is 4.39 Å². The van der Waals surface area contributed by atoms with E-state index in [1.165, 1.54) is 24.3 Å². The molecule has 0 saturated heterocycles. The number of hydrogen-bond donors (Lipinski definition) is 2. The Kier molecular flexibility index (Phi) is 4.39. The molecule has 1 atom stereocenters. The molecule has 0 bridgehead atoms. The van der Waals surface area contributed by atoms with Gasteiger partial charge in [-0.3, -0.25) is 4.79 Å². The molecule has 6 heteroatoms. The zero-order valence-electron chi connectivity index (χ0n) is 10.5. The Bertz CT molecular complexity index is 549. The number of carboxylic acid groups (broad SMARTS) is 1. The molecule has 4 nitrogen and oxygen atoms in total. The fraction of sp³-hybridized carbons (Fsp3) is 0.286. The lowest BCUT2D eigenvalue weighted by Gasteiger charge is -2.11. The van der Waals surface area contributed by atoms with Gasteiger partial charge >= 0.3 is 5.97 Å². The summed E-state index contributed by atoms with van der Waals surface area (Å²) in [5, 5.41) is 11.6. The lowest BCUT2D eigenvalue weighted by Crippen LogP contribution is -2.41. The number of amides is 1. The molecule has 1 amide bonds. The smallest absolute Gasteiger partial charge is 0.326 e. The summed E-state index contributed by atoms with van der Waals surface area (Å²) in [5.41, 5.74) is 0.0996. The van der Waals surface area contributed by atoms with E-state index in [1.807, 2.05) is 0 Å². The Morgan fingerprint density at radius 2 is 2.15 bits per heavy atom. The Balaban J connectivity index is 2.03. The summed E-state index contributed by atoms with van der Waals surface area (Å²) in [6.07, 6.45) is 3.90. The second kappa shape index (κ2) is 6.05. The van der Waals surface area contributed by atoms with Crippen LogP contribution in [0.1, 0.15) is 18.4 Å². The summed E-state index contributed by atoms with van der Waals surface area (Å²) >= 11 is 5.81. The van der Waals surface area contributed by atoms with Crippen LogP contribution in [0, 0.1) is 11.7 Å². The molecular weight excluding hydrogens is 285 g/mol. The van der Waals surface area contributed by atoms with E-state index in [1.54, 1.807) is 0 Å². The average molecular weight is 298 g/mol. The van der Waals surface area contributed by atoms with Crippen molar-refractivity contribution in [3.63, 3.8) is 0 Å². The van der Waals surface area contributed by atoms with E-state index in [2.05, 4.69) is 5.32 Å². The summed E-state index contributed by atoms with van der Waals surface area (Å²) in [5.74, 6) is -2.19. The number of carboxylic acids is 1. The van der Waals surface area contributed by atoms with Gasteiger partial charge in [0.2, 0.25) is 5.91 Å². The van der Waals surface area contributed by atoms with Gasteiger partial charge in [0.05, 0.1) is 5.02 Å². The molecule has 0 spiro atoms. The Morgan fingerprint density at radius 1 is 1.45 bits per heavy atom. The van der Waals surface area contributed by atoms with Crippen LogP contribution in [0.2, 0.25) is 5.02 Å². The molecule has 1 aliphatic carbocycles. The van der Waals surface area contributed by atoms with Gasteiger partial charge in [0, 0.05) is 11.6 Å². The maximum atomic E-state index is 13.5. The van der Waals surface area contributed by atoms with Crippen molar-refractivity contribution in [2.75, 3.05) is 0 Å². The molecule has 1 aromatic carbocycles. The molecular formula is C14H13ClFNO3. The third kappa shape index (κ3) is 3.57. The van der Waals surface area contributed by atoms with Crippen molar-refractivity contribution in [3.05, 3.63) is 40.7 Å². The quantitative estimate of drug-likeness (QED) is 0.821. The van der Waals surface area contributed by atoms with Gasteiger partial charge in [-0.2, -0.15) is 0 Å². The maximum absolute atomic E-state index is 13.5. The Morgan fingerprint density at radius 3 is 2.70 bits per heavy atom. The van der Waals surface area contributed by atoms with Crippen LogP contribution in [-0.2, 0) is 9.59 Å². The Hall–Kier alpha value is -1.88. The largest absolute Gasteiger partial charge is 0.480 e. The number of aliphatic carboxylic acids is 1. The van der Waals surface area contributed by atoms with Gasteiger partial charge in [-0.25, -0.2) is 9.18 Å². The van der Waals surface area contributed by atoms with E-state index in [9.17, 15) is 14.0 Å². The van der Waals surface area contributed by atoms with Crippen molar-refractivity contribution < 1.29 is 19.1 Å². The van der Waals surface area contributed by atoms with Crippen LogP contribution < -0.4 is 5.32 Å². The molecule has 1 aromatic rings. The van der Waals surface area contributed by atoms with Gasteiger partial charge < -0.3 is 10.4 Å². The predicted molar refractivity (Wildman–Crippen MR) is 72.7 cm³/mol. The first-order chi connectivity index (χ1) is 9.49. The zero-order valence-corrected chi connectivity index (χ0v) is 11.2. The highest BCUT2D eigenvalue weighted by atomic mass is 35.5. The first-order valence-corrected chi connectivity index (χ1v) is 6.52. The van der Waals surface area contributed by atoms with E-state index in [-0.39, 0.29) is 16.5 Å². The topological polar surface area (TPSA) is 66.4 Å². The molecule has 20 heavy (non-hydrogen) atoms. The molecule has 1 saturated carbocycles. The number of hydrogen-bond acceptors (Lipinski definition) is 2. The number of carbonyl (C=O) groups excluding carboxylic acids is 1. The zero-order chi connectivity index (χ0) is 14.7. The van der Waals surface area contributed by atoms with Gasteiger partial charge in [-0.1, -0.05) is 17.7 Å². The van der Waals surface area contributed by atoms with E-state index >= 15 is 0 Å². The Labute approximate surface area is 120 Å². The summed E-state index contributed by atoms with van der Waals surface area (Å²) < 4.78 is 13.5. The van der Waals surface area contributed by atoms with Crippen molar-refractivity contribution in [2.45, 2.75) is 18.9 Å². The molecule has 1 unspecified atom stereocenters.